The summed E-state index contributed by atoms with van der Waals surface area (Å²) in [5, 5.41) is 23.4. The van der Waals surface area contributed by atoms with E-state index in [0.29, 0.717) is 25.9 Å². The Bertz CT molecular complexity index is 1250. The summed E-state index contributed by atoms with van der Waals surface area (Å²) in [6.07, 6.45) is 84.6. The van der Waals surface area contributed by atoms with Gasteiger partial charge < -0.3 is 20.3 Å². The molecule has 0 saturated carbocycles. The number of aliphatic hydroxyl groups excluding tert-OH is 2. The topological polar surface area (TPSA) is 95.9 Å². The summed E-state index contributed by atoms with van der Waals surface area (Å²) in [4.78, 5) is 24.6. The number of allylic oxidation sites excluding steroid dienone is 6. The summed E-state index contributed by atoms with van der Waals surface area (Å²) in [7, 11) is 0. The zero-order chi connectivity index (χ0) is 55.7. The fourth-order valence-corrected chi connectivity index (χ4v) is 10.8. The van der Waals surface area contributed by atoms with Crippen molar-refractivity contribution in [2.24, 2.45) is 0 Å². The van der Waals surface area contributed by atoms with E-state index in [2.05, 4.69) is 55.6 Å². The van der Waals surface area contributed by atoms with E-state index >= 15 is 0 Å². The molecule has 0 rings (SSSR count). The molecule has 3 N–H and O–H groups in total. The molecule has 0 spiro atoms. The van der Waals surface area contributed by atoms with Crippen LogP contribution in [0.15, 0.2) is 36.5 Å². The van der Waals surface area contributed by atoms with Crippen molar-refractivity contribution in [3.05, 3.63) is 36.5 Å². The predicted molar refractivity (Wildman–Crippen MR) is 338 cm³/mol. The fraction of sp³-hybridized carbons (Fsp3) is 0.887. The van der Waals surface area contributed by atoms with Gasteiger partial charge in [-0.2, -0.15) is 0 Å². The number of esters is 1. The highest BCUT2D eigenvalue weighted by Gasteiger charge is 2.20. The maximum absolute atomic E-state index is 12.5. The molecule has 1 amide bonds. The van der Waals surface area contributed by atoms with Gasteiger partial charge >= 0.3 is 5.97 Å². The highest BCUT2D eigenvalue weighted by atomic mass is 16.5. The molecule has 0 heterocycles. The standard InChI is InChI=1S/C71H135NO5/c1-3-5-7-9-11-13-15-17-19-21-28-32-35-39-43-47-51-55-59-63-69(74)68(67-73)72-70(75)64-60-56-52-48-44-40-36-33-29-26-24-22-23-25-27-30-34-38-42-46-50-54-58-62-66-77-71(76)65-61-57-53-49-45-41-37-31-20-18-16-14-12-10-8-6-4-2/h12,14,18,20,24,26,68-69,73-74H,3-11,13,15-17,19,21-23,25,27-67H2,1-2H3,(H,72,75)/b14-12-,20-18-,26-24-. The van der Waals surface area contributed by atoms with Crippen molar-refractivity contribution in [2.45, 2.75) is 392 Å². The summed E-state index contributed by atoms with van der Waals surface area (Å²) in [6, 6.07) is -0.546. The van der Waals surface area contributed by atoms with E-state index in [0.717, 1.165) is 51.4 Å². The first-order valence-corrected chi connectivity index (χ1v) is 34.7. The second-order valence-corrected chi connectivity index (χ2v) is 23.9. The fourth-order valence-electron chi connectivity index (χ4n) is 10.8. The predicted octanol–water partition coefficient (Wildman–Crippen LogP) is 22.3. The van der Waals surface area contributed by atoms with E-state index in [1.165, 1.54) is 295 Å². The molecule has 2 atom stereocenters. The molecule has 6 nitrogen and oxygen atoms in total. The summed E-state index contributed by atoms with van der Waals surface area (Å²) >= 11 is 0. The average molecular weight is 1080 g/mol. The Balaban J connectivity index is 3.40. The van der Waals surface area contributed by atoms with Crippen LogP contribution in [0.2, 0.25) is 0 Å². The molecule has 0 radical (unpaired) electrons. The number of aliphatic hydroxyl groups is 2. The summed E-state index contributed by atoms with van der Waals surface area (Å²) < 4.78 is 5.49. The number of ether oxygens (including phenoxy) is 1. The first-order chi connectivity index (χ1) is 38.0. The number of hydrogen-bond acceptors (Lipinski definition) is 5. The first kappa shape index (κ1) is 75.1. The van der Waals surface area contributed by atoms with E-state index < -0.39 is 12.1 Å². The minimum absolute atomic E-state index is 0.00529. The Hall–Kier alpha value is -1.92. The number of carbonyl (C=O) groups excluding carboxylic acids is 2. The normalized spacial score (nSPS) is 12.7. The summed E-state index contributed by atoms with van der Waals surface area (Å²) in [5.41, 5.74) is 0. The monoisotopic (exact) mass is 1080 g/mol. The van der Waals surface area contributed by atoms with Crippen LogP contribution in [0.4, 0.5) is 0 Å². The SMILES string of the molecule is CCCCC/C=C\C/C=C\CCCCCCCCCC(=O)OCCCCCCCCCCCCCC/C=C\CCCCCCCCCCC(=O)NC(CO)C(O)CCCCCCCCCCCCCCCCCCCCC. The van der Waals surface area contributed by atoms with Gasteiger partial charge in [0.15, 0.2) is 0 Å². The zero-order valence-corrected chi connectivity index (χ0v) is 52.0. The third-order valence-corrected chi connectivity index (χ3v) is 16.2. The molecular weight excluding hydrogens is 947 g/mol. The van der Waals surface area contributed by atoms with E-state index in [1.54, 1.807) is 0 Å². The Labute approximate surface area is 481 Å². The number of nitrogens with one attached hydrogen (secondary N) is 1. The third kappa shape index (κ3) is 63.1. The van der Waals surface area contributed by atoms with Crippen LogP contribution in [0.1, 0.15) is 380 Å². The lowest BCUT2D eigenvalue weighted by atomic mass is 10.0. The molecule has 454 valence electrons. The van der Waals surface area contributed by atoms with Crippen LogP contribution in [0.25, 0.3) is 0 Å². The molecule has 0 fully saturated rings. The van der Waals surface area contributed by atoms with Gasteiger partial charge in [0.1, 0.15) is 0 Å². The van der Waals surface area contributed by atoms with Gasteiger partial charge in [-0.15, -0.1) is 0 Å². The van der Waals surface area contributed by atoms with Gasteiger partial charge in [0.2, 0.25) is 5.91 Å². The van der Waals surface area contributed by atoms with Gasteiger partial charge in [-0.25, -0.2) is 0 Å². The molecule has 0 aromatic carbocycles. The van der Waals surface area contributed by atoms with Gasteiger partial charge in [-0.1, -0.05) is 320 Å². The smallest absolute Gasteiger partial charge is 0.305 e. The van der Waals surface area contributed by atoms with E-state index in [-0.39, 0.29) is 18.5 Å². The maximum atomic E-state index is 12.5. The van der Waals surface area contributed by atoms with Crippen molar-refractivity contribution < 1.29 is 24.5 Å². The van der Waals surface area contributed by atoms with Gasteiger partial charge in [0.05, 0.1) is 25.4 Å². The molecular formula is C71H135NO5. The highest BCUT2D eigenvalue weighted by molar-refractivity contribution is 5.76. The van der Waals surface area contributed by atoms with E-state index in [4.69, 9.17) is 4.74 Å². The summed E-state index contributed by atoms with van der Waals surface area (Å²) in [6.45, 7) is 4.95. The van der Waals surface area contributed by atoms with Crippen molar-refractivity contribution in [2.75, 3.05) is 13.2 Å². The minimum atomic E-state index is -0.668. The number of rotatable bonds is 65. The van der Waals surface area contributed by atoms with Gasteiger partial charge in [0, 0.05) is 12.8 Å². The average Bonchev–Trinajstić information content (AvgIpc) is 3.43. The molecule has 0 aromatic heterocycles. The lowest BCUT2D eigenvalue weighted by molar-refractivity contribution is -0.143. The van der Waals surface area contributed by atoms with E-state index in [9.17, 15) is 19.8 Å². The number of carbonyl (C=O) groups is 2. The second-order valence-electron chi connectivity index (χ2n) is 23.9. The first-order valence-electron chi connectivity index (χ1n) is 34.7. The molecule has 0 bridgehead atoms. The lowest BCUT2D eigenvalue weighted by Gasteiger charge is -2.22. The van der Waals surface area contributed by atoms with Gasteiger partial charge in [-0.3, -0.25) is 9.59 Å². The van der Waals surface area contributed by atoms with Crippen molar-refractivity contribution in [1.29, 1.82) is 0 Å². The number of unbranched alkanes of at least 4 members (excludes halogenated alkanes) is 48. The van der Waals surface area contributed by atoms with Crippen LogP contribution in [-0.4, -0.2) is 47.4 Å². The number of amides is 1. The molecule has 77 heavy (non-hydrogen) atoms. The molecule has 0 saturated heterocycles. The molecule has 2 unspecified atom stereocenters. The Morgan fingerprint density at radius 1 is 0.364 bits per heavy atom. The molecule has 0 aliphatic rings. The second kappa shape index (κ2) is 66.6. The van der Waals surface area contributed by atoms with Crippen LogP contribution >= 0.6 is 0 Å². The minimum Gasteiger partial charge on any atom is -0.466 e. The van der Waals surface area contributed by atoms with Crippen molar-refractivity contribution in [3.63, 3.8) is 0 Å². The quantitative estimate of drug-likeness (QED) is 0.0320. The Morgan fingerprint density at radius 2 is 0.649 bits per heavy atom. The summed E-state index contributed by atoms with van der Waals surface area (Å²) in [5.74, 6) is -0.0310. The molecule has 0 aromatic rings. The zero-order valence-electron chi connectivity index (χ0n) is 52.0. The van der Waals surface area contributed by atoms with Crippen LogP contribution in [-0.2, 0) is 14.3 Å². The Kier molecular flexibility index (Phi) is 64.9. The number of hydrogen-bond donors (Lipinski definition) is 3. The van der Waals surface area contributed by atoms with Crippen molar-refractivity contribution in [1.82, 2.24) is 5.32 Å². The maximum Gasteiger partial charge on any atom is 0.305 e. The van der Waals surface area contributed by atoms with Gasteiger partial charge in [0.25, 0.3) is 0 Å². The third-order valence-electron chi connectivity index (χ3n) is 16.2. The molecule has 0 aliphatic carbocycles. The van der Waals surface area contributed by atoms with E-state index in [1.807, 2.05) is 0 Å². The van der Waals surface area contributed by atoms with Crippen LogP contribution < -0.4 is 5.32 Å². The van der Waals surface area contributed by atoms with Crippen molar-refractivity contribution >= 4 is 11.9 Å². The van der Waals surface area contributed by atoms with Crippen LogP contribution in [0.5, 0.6) is 0 Å². The van der Waals surface area contributed by atoms with Crippen LogP contribution in [0.3, 0.4) is 0 Å². The van der Waals surface area contributed by atoms with Crippen molar-refractivity contribution in [3.8, 4) is 0 Å². The lowest BCUT2D eigenvalue weighted by Crippen LogP contribution is -2.45. The molecule has 0 aliphatic heterocycles. The Morgan fingerprint density at radius 3 is 1.03 bits per heavy atom. The van der Waals surface area contributed by atoms with Gasteiger partial charge in [-0.05, 0) is 83.5 Å². The highest BCUT2D eigenvalue weighted by Crippen LogP contribution is 2.18. The van der Waals surface area contributed by atoms with Crippen LogP contribution in [0, 0.1) is 0 Å². The molecule has 6 heteroatoms. The largest absolute Gasteiger partial charge is 0.466 e.